The number of fused-ring (bicyclic) bond motifs is 1. The molecule has 1 aliphatic heterocycles. The Hall–Kier alpha value is -2.11. The summed E-state index contributed by atoms with van der Waals surface area (Å²) in [5.74, 6) is -0.933. The van der Waals surface area contributed by atoms with Gasteiger partial charge in [0.25, 0.3) is 0 Å². The highest BCUT2D eigenvalue weighted by Gasteiger charge is 2.51. The number of rotatable bonds is 9. The summed E-state index contributed by atoms with van der Waals surface area (Å²) in [4.78, 5) is 40.7. The number of amides is 3. The van der Waals surface area contributed by atoms with Crippen LogP contribution >= 0.6 is 11.8 Å². The third-order valence-corrected chi connectivity index (χ3v) is 8.75. The Kier molecular flexibility index (Phi) is 8.07. The van der Waals surface area contributed by atoms with Gasteiger partial charge in [-0.05, 0) is 49.5 Å². The molecule has 1 saturated carbocycles. The Morgan fingerprint density at radius 2 is 1.82 bits per heavy atom. The molecule has 2 aliphatic rings. The SMILES string of the molecule is COc1ccc(S(=O)(=O)N(C)C)cc1NC(=O)[C@H](CCSC)N1C(=O)[C@H]2CCCC[C@@H]2C1=O. The van der Waals surface area contributed by atoms with Crippen LogP contribution in [0.1, 0.15) is 32.1 Å². The molecule has 11 heteroatoms. The van der Waals surface area contributed by atoms with E-state index in [9.17, 15) is 22.8 Å². The van der Waals surface area contributed by atoms with Gasteiger partial charge >= 0.3 is 0 Å². The van der Waals surface area contributed by atoms with E-state index in [1.54, 1.807) is 0 Å². The lowest BCUT2D eigenvalue weighted by Gasteiger charge is -2.26. The molecule has 0 spiro atoms. The van der Waals surface area contributed by atoms with E-state index in [1.165, 1.54) is 51.2 Å². The van der Waals surface area contributed by atoms with E-state index in [-0.39, 0.29) is 40.0 Å². The summed E-state index contributed by atoms with van der Waals surface area (Å²) < 4.78 is 31.5. The molecular formula is C22H31N3O6S2. The first-order valence-electron chi connectivity index (χ1n) is 10.9. The molecule has 1 N–H and O–H groups in total. The van der Waals surface area contributed by atoms with E-state index in [1.807, 2.05) is 6.26 Å². The largest absolute Gasteiger partial charge is 0.495 e. The van der Waals surface area contributed by atoms with E-state index in [0.717, 1.165) is 22.0 Å². The molecule has 33 heavy (non-hydrogen) atoms. The number of nitrogens with zero attached hydrogens (tertiary/aromatic N) is 2. The van der Waals surface area contributed by atoms with Crippen LogP contribution < -0.4 is 10.1 Å². The molecule has 3 amide bonds. The van der Waals surface area contributed by atoms with Gasteiger partial charge in [-0.3, -0.25) is 19.3 Å². The maximum Gasteiger partial charge on any atom is 0.247 e. The van der Waals surface area contributed by atoms with E-state index in [2.05, 4.69) is 5.32 Å². The predicted molar refractivity (Wildman–Crippen MR) is 127 cm³/mol. The minimum absolute atomic E-state index is 0.0105. The lowest BCUT2D eigenvalue weighted by molar-refractivity contribution is -0.146. The van der Waals surface area contributed by atoms with Crippen molar-refractivity contribution in [3.63, 3.8) is 0 Å². The van der Waals surface area contributed by atoms with Crippen LogP contribution in [-0.2, 0) is 24.4 Å². The molecule has 1 aromatic carbocycles. The van der Waals surface area contributed by atoms with Gasteiger partial charge in [-0.1, -0.05) is 12.8 Å². The lowest BCUT2D eigenvalue weighted by Crippen LogP contribution is -2.48. The summed E-state index contributed by atoms with van der Waals surface area (Å²) in [6.07, 6.45) is 5.34. The molecule has 1 saturated heterocycles. The van der Waals surface area contributed by atoms with Crippen molar-refractivity contribution in [1.29, 1.82) is 0 Å². The Morgan fingerprint density at radius 3 is 2.33 bits per heavy atom. The third kappa shape index (κ3) is 5.04. The van der Waals surface area contributed by atoms with Crippen LogP contribution in [0.3, 0.4) is 0 Å². The second-order valence-electron chi connectivity index (χ2n) is 8.48. The topological polar surface area (TPSA) is 113 Å². The molecule has 0 unspecified atom stereocenters. The number of sulfonamides is 1. The van der Waals surface area contributed by atoms with Crippen molar-refractivity contribution in [2.24, 2.45) is 11.8 Å². The molecule has 3 rings (SSSR count). The number of likely N-dealkylation sites (tertiary alicyclic amines) is 1. The quantitative estimate of drug-likeness (QED) is 0.520. The molecule has 0 bridgehead atoms. The second-order valence-corrected chi connectivity index (χ2v) is 11.6. The van der Waals surface area contributed by atoms with Crippen LogP contribution in [0.5, 0.6) is 5.75 Å². The highest BCUT2D eigenvalue weighted by atomic mass is 32.2. The first-order valence-corrected chi connectivity index (χ1v) is 13.7. The van der Waals surface area contributed by atoms with Gasteiger partial charge in [0.15, 0.2) is 0 Å². The lowest BCUT2D eigenvalue weighted by atomic mass is 9.81. The van der Waals surface area contributed by atoms with Gasteiger partial charge in [0.05, 0.1) is 29.5 Å². The third-order valence-electron chi connectivity index (χ3n) is 6.29. The van der Waals surface area contributed by atoms with Crippen molar-refractivity contribution in [1.82, 2.24) is 9.21 Å². The molecule has 1 aliphatic carbocycles. The summed E-state index contributed by atoms with van der Waals surface area (Å²) >= 11 is 1.52. The van der Waals surface area contributed by atoms with Crippen LogP contribution in [-0.4, -0.2) is 74.6 Å². The highest BCUT2D eigenvalue weighted by molar-refractivity contribution is 7.98. The normalized spacial score (nSPS) is 21.8. The zero-order valence-corrected chi connectivity index (χ0v) is 21.0. The van der Waals surface area contributed by atoms with E-state index in [4.69, 9.17) is 4.74 Å². The van der Waals surface area contributed by atoms with Gasteiger partial charge in [-0.2, -0.15) is 11.8 Å². The first kappa shape index (κ1) is 25.5. The number of nitrogens with one attached hydrogen (secondary N) is 1. The van der Waals surface area contributed by atoms with Gasteiger partial charge in [-0.15, -0.1) is 0 Å². The van der Waals surface area contributed by atoms with Crippen molar-refractivity contribution in [3.8, 4) is 5.75 Å². The number of hydrogen-bond acceptors (Lipinski definition) is 7. The molecule has 0 aromatic heterocycles. The van der Waals surface area contributed by atoms with Crippen molar-refractivity contribution in [3.05, 3.63) is 18.2 Å². The molecule has 1 aromatic rings. The summed E-state index contributed by atoms with van der Waals surface area (Å²) in [6.45, 7) is 0. The molecule has 182 valence electrons. The molecule has 2 fully saturated rings. The van der Waals surface area contributed by atoms with Gasteiger partial charge in [0.1, 0.15) is 11.8 Å². The van der Waals surface area contributed by atoms with Crippen LogP contribution in [0.2, 0.25) is 0 Å². The summed E-state index contributed by atoms with van der Waals surface area (Å²) in [6, 6.07) is 3.21. The average molecular weight is 498 g/mol. The second kappa shape index (κ2) is 10.4. The number of carbonyl (C=O) groups is 3. The average Bonchev–Trinajstić information content (AvgIpc) is 3.04. The van der Waals surface area contributed by atoms with Crippen molar-refractivity contribution in [2.45, 2.75) is 43.0 Å². The van der Waals surface area contributed by atoms with Gasteiger partial charge in [-0.25, -0.2) is 12.7 Å². The standard InChI is InChI=1S/C22H31N3O6S2/c1-24(2)33(29,30)14-9-10-19(31-3)17(13-14)23-20(26)18(11-12-32-4)25-21(27)15-7-5-6-8-16(15)22(25)28/h9-10,13,15-16,18H,5-8,11-12H2,1-4H3,(H,23,26)/t15-,16-,18-/m0/s1. The maximum absolute atomic E-state index is 13.4. The van der Waals surface area contributed by atoms with E-state index in [0.29, 0.717) is 25.0 Å². The number of carbonyl (C=O) groups excluding carboxylic acids is 3. The van der Waals surface area contributed by atoms with Gasteiger partial charge < -0.3 is 10.1 Å². The Morgan fingerprint density at radius 1 is 1.21 bits per heavy atom. The molecule has 3 atom stereocenters. The smallest absolute Gasteiger partial charge is 0.247 e. The molecular weight excluding hydrogens is 466 g/mol. The van der Waals surface area contributed by atoms with Gasteiger partial charge in [0.2, 0.25) is 27.7 Å². The number of ether oxygens (including phenoxy) is 1. The van der Waals surface area contributed by atoms with Gasteiger partial charge in [0, 0.05) is 14.1 Å². The van der Waals surface area contributed by atoms with Crippen molar-refractivity contribution >= 4 is 45.2 Å². The number of benzene rings is 1. The van der Waals surface area contributed by atoms with Crippen LogP contribution in [0.15, 0.2) is 23.1 Å². The van der Waals surface area contributed by atoms with Crippen molar-refractivity contribution in [2.75, 3.05) is 38.5 Å². The van der Waals surface area contributed by atoms with Crippen LogP contribution in [0.25, 0.3) is 0 Å². The first-order chi connectivity index (χ1) is 15.6. The number of anilines is 1. The molecule has 9 nitrogen and oxygen atoms in total. The number of thioether (sulfide) groups is 1. The van der Waals surface area contributed by atoms with Crippen LogP contribution in [0.4, 0.5) is 5.69 Å². The minimum Gasteiger partial charge on any atom is -0.495 e. The maximum atomic E-state index is 13.4. The number of methoxy groups -OCH3 is 1. The Labute approximate surface area is 199 Å². The number of imide groups is 1. The monoisotopic (exact) mass is 497 g/mol. The van der Waals surface area contributed by atoms with E-state index >= 15 is 0 Å². The van der Waals surface area contributed by atoms with Crippen molar-refractivity contribution < 1.29 is 27.5 Å². The fraction of sp³-hybridized carbons (Fsp3) is 0.591. The summed E-state index contributed by atoms with van der Waals surface area (Å²) in [5, 5.41) is 2.72. The molecule has 1 heterocycles. The van der Waals surface area contributed by atoms with E-state index < -0.39 is 22.0 Å². The molecule has 0 radical (unpaired) electrons. The Balaban J connectivity index is 1.92. The zero-order valence-electron chi connectivity index (χ0n) is 19.4. The minimum atomic E-state index is -3.74. The fourth-order valence-electron chi connectivity index (χ4n) is 4.47. The summed E-state index contributed by atoms with van der Waals surface area (Å²) in [5.41, 5.74) is 0.163. The Bertz CT molecular complexity index is 1000. The fourth-order valence-corrected chi connectivity index (χ4v) is 5.86. The summed E-state index contributed by atoms with van der Waals surface area (Å²) in [7, 11) is 0.507. The highest BCUT2D eigenvalue weighted by Crippen LogP contribution is 2.39. The van der Waals surface area contributed by atoms with Crippen LogP contribution in [0, 0.1) is 11.8 Å². The number of hydrogen-bond donors (Lipinski definition) is 1. The predicted octanol–water partition coefficient (Wildman–Crippen LogP) is 2.18. The zero-order chi connectivity index (χ0) is 24.3.